The van der Waals surface area contributed by atoms with Crippen molar-refractivity contribution in [3.63, 3.8) is 0 Å². The van der Waals surface area contributed by atoms with Crippen molar-refractivity contribution in [2.24, 2.45) is 0 Å². The minimum absolute atomic E-state index is 0.373. The van der Waals surface area contributed by atoms with Gasteiger partial charge in [0.1, 0.15) is 0 Å². The van der Waals surface area contributed by atoms with Crippen molar-refractivity contribution >= 4 is 29.0 Å². The van der Waals surface area contributed by atoms with Gasteiger partial charge >= 0.3 is 130 Å². The summed E-state index contributed by atoms with van der Waals surface area (Å²) in [5.74, 6) is -0.425. The zero-order valence-corrected chi connectivity index (χ0v) is 17.4. The van der Waals surface area contributed by atoms with E-state index >= 15 is 0 Å². The summed E-state index contributed by atoms with van der Waals surface area (Å²) in [7, 11) is 13.9. The van der Waals surface area contributed by atoms with E-state index in [0.717, 1.165) is 0 Å². The van der Waals surface area contributed by atoms with E-state index in [4.69, 9.17) is 17.0 Å². The first-order valence-corrected chi connectivity index (χ1v) is 21.8. The molecule has 2 rings (SSSR count). The topological polar surface area (TPSA) is 0 Å². The molecule has 0 saturated heterocycles. The van der Waals surface area contributed by atoms with Gasteiger partial charge in [0.2, 0.25) is 0 Å². The van der Waals surface area contributed by atoms with E-state index in [9.17, 15) is 0 Å². The van der Waals surface area contributed by atoms with Gasteiger partial charge in [-0.2, -0.15) is 0 Å². The molecule has 0 N–H and O–H groups in total. The van der Waals surface area contributed by atoms with Crippen molar-refractivity contribution in [2.45, 2.75) is 43.4 Å². The van der Waals surface area contributed by atoms with Crippen LogP contribution in [0.15, 0.2) is 23.8 Å². The van der Waals surface area contributed by atoms with Gasteiger partial charge in [-0.1, -0.05) is 0 Å². The Bertz CT molecular complexity index is 521. The number of rotatable bonds is 3. The van der Waals surface area contributed by atoms with Crippen LogP contribution in [0.1, 0.15) is 47.0 Å². The van der Waals surface area contributed by atoms with E-state index < -0.39 is 23.0 Å². The standard InChI is InChI=1S/C13H15.C2H7Si.2ClH.Zr/c1-9(2)12-6-4-5-11-7-10(3)8-13(11)12;1-3-2;;;/h4-9H,1-3H3;3H,1-2H3;2*1H;/q;;;;+2/p-2. The molecule has 1 aromatic rings. The van der Waals surface area contributed by atoms with E-state index in [-0.39, 0.29) is 0 Å². The molecule has 1 aliphatic carbocycles. The van der Waals surface area contributed by atoms with Crippen LogP contribution in [0.3, 0.4) is 0 Å². The number of halogens is 2. The molecule has 0 bridgehead atoms. The molecule has 19 heavy (non-hydrogen) atoms. The molecule has 0 amide bonds. The van der Waals surface area contributed by atoms with Crippen molar-refractivity contribution in [3.8, 4) is 0 Å². The predicted molar refractivity (Wildman–Crippen MR) is 87.5 cm³/mol. The van der Waals surface area contributed by atoms with Gasteiger partial charge < -0.3 is 0 Å². The Hall–Kier alpha value is 0.640. The molecule has 0 spiro atoms. The molecule has 0 saturated carbocycles. The van der Waals surface area contributed by atoms with Crippen LogP contribution in [0.25, 0.3) is 6.08 Å². The molecule has 0 fully saturated rings. The Morgan fingerprint density at radius 3 is 2.37 bits per heavy atom. The molecular formula is C15H22Cl2SiZr. The van der Waals surface area contributed by atoms with Gasteiger partial charge in [0.05, 0.1) is 0 Å². The van der Waals surface area contributed by atoms with Gasteiger partial charge in [-0.15, -0.1) is 0 Å². The van der Waals surface area contributed by atoms with Crippen LogP contribution in [0.4, 0.5) is 0 Å². The van der Waals surface area contributed by atoms with E-state index in [0.29, 0.717) is 9.54 Å². The summed E-state index contributed by atoms with van der Waals surface area (Å²) in [6.45, 7) is 11.3. The molecule has 104 valence electrons. The maximum absolute atomic E-state index is 6.93. The minimum atomic E-state index is -3.02. The number of hydrogen-bond donors (Lipinski definition) is 0. The third-order valence-electron chi connectivity index (χ3n) is 4.09. The van der Waals surface area contributed by atoms with Crippen LogP contribution in [0, 0.1) is 0 Å². The SMILES string of the molecule is CC1=Cc2c(C(C)C)cccc2[CH]1[Zr]([Cl])([Cl])[SiH](C)C. The first-order chi connectivity index (χ1) is 8.76. The molecule has 0 aromatic heterocycles. The number of fused-ring (bicyclic) bond motifs is 1. The zero-order valence-electron chi connectivity index (χ0n) is 12.3. The van der Waals surface area contributed by atoms with Crippen LogP contribution >= 0.6 is 17.0 Å². The van der Waals surface area contributed by atoms with Gasteiger partial charge in [-0.25, -0.2) is 0 Å². The molecule has 0 nitrogen and oxygen atoms in total. The quantitative estimate of drug-likeness (QED) is 0.578. The van der Waals surface area contributed by atoms with Crippen LogP contribution in [0.2, 0.25) is 13.1 Å². The molecule has 1 atom stereocenters. The number of benzene rings is 1. The van der Waals surface area contributed by atoms with Gasteiger partial charge in [0.25, 0.3) is 0 Å². The summed E-state index contributed by atoms with van der Waals surface area (Å²) >= 11 is -3.02. The molecule has 0 radical (unpaired) electrons. The Labute approximate surface area is 129 Å². The number of allylic oxidation sites excluding steroid dienone is 1. The molecule has 0 heterocycles. The van der Waals surface area contributed by atoms with E-state index in [1.54, 1.807) is 0 Å². The fourth-order valence-electron chi connectivity index (χ4n) is 2.92. The Morgan fingerprint density at radius 1 is 1.21 bits per heavy atom. The van der Waals surface area contributed by atoms with E-state index in [2.05, 4.69) is 58.1 Å². The summed E-state index contributed by atoms with van der Waals surface area (Å²) in [6.07, 6.45) is 2.34. The van der Waals surface area contributed by atoms with Gasteiger partial charge in [0, 0.05) is 0 Å². The summed E-state index contributed by atoms with van der Waals surface area (Å²) in [5.41, 5.74) is 5.63. The summed E-state index contributed by atoms with van der Waals surface area (Å²) in [6, 6.07) is 6.65. The molecule has 1 aromatic carbocycles. The first kappa shape index (κ1) is 16.0. The zero-order chi connectivity index (χ0) is 14.4. The predicted octanol–water partition coefficient (Wildman–Crippen LogP) is 5.71. The second-order valence-corrected chi connectivity index (χ2v) is 40.0. The van der Waals surface area contributed by atoms with Crippen LogP contribution in [-0.2, 0) is 17.0 Å². The monoisotopic (exact) mass is 390 g/mol. The normalized spacial score (nSPS) is 19.0. The Kier molecular flexibility index (Phi) is 4.88. The third-order valence-corrected chi connectivity index (χ3v) is 40.8. The van der Waals surface area contributed by atoms with Gasteiger partial charge in [0.15, 0.2) is 0 Å². The van der Waals surface area contributed by atoms with E-state index in [1.807, 2.05) is 0 Å². The summed E-state index contributed by atoms with van der Waals surface area (Å²) in [5, 5.41) is 0. The average Bonchev–Trinajstić information content (AvgIpc) is 2.64. The first-order valence-electron chi connectivity index (χ1n) is 6.95. The fourth-order valence-corrected chi connectivity index (χ4v) is 17.9. The second kappa shape index (κ2) is 5.79. The van der Waals surface area contributed by atoms with Crippen molar-refractivity contribution in [3.05, 3.63) is 40.5 Å². The molecular weight excluding hydrogens is 370 g/mol. The van der Waals surface area contributed by atoms with Crippen molar-refractivity contribution in [1.82, 2.24) is 0 Å². The van der Waals surface area contributed by atoms with Gasteiger partial charge in [-0.05, 0) is 0 Å². The molecule has 4 heteroatoms. The second-order valence-electron chi connectivity index (χ2n) is 6.16. The van der Waals surface area contributed by atoms with Gasteiger partial charge in [-0.3, -0.25) is 0 Å². The fraction of sp³-hybridized carbons (Fsp3) is 0.467. The number of hydrogen-bond acceptors (Lipinski definition) is 0. The average molecular weight is 393 g/mol. The summed E-state index contributed by atoms with van der Waals surface area (Å²) in [4.78, 5) is 0. The van der Waals surface area contributed by atoms with E-state index in [1.165, 1.54) is 22.3 Å². The Balaban J connectivity index is 2.57. The van der Waals surface area contributed by atoms with Crippen molar-refractivity contribution in [1.29, 1.82) is 0 Å². The van der Waals surface area contributed by atoms with Crippen molar-refractivity contribution in [2.75, 3.05) is 0 Å². The molecule has 0 aliphatic heterocycles. The molecule has 1 aliphatic rings. The Morgan fingerprint density at radius 2 is 1.84 bits per heavy atom. The summed E-state index contributed by atoms with van der Waals surface area (Å²) < 4.78 is 0.373. The van der Waals surface area contributed by atoms with Crippen LogP contribution < -0.4 is 0 Å². The molecule has 1 unspecified atom stereocenters. The van der Waals surface area contributed by atoms with Crippen LogP contribution in [-0.4, -0.2) is 5.92 Å². The third kappa shape index (κ3) is 2.84. The van der Waals surface area contributed by atoms with Crippen molar-refractivity contribution < 1.29 is 17.0 Å². The van der Waals surface area contributed by atoms with Crippen LogP contribution in [0.5, 0.6) is 0 Å². The maximum atomic E-state index is 6.93.